The van der Waals surface area contributed by atoms with Crippen molar-refractivity contribution in [3.63, 3.8) is 0 Å². The Labute approximate surface area is 104 Å². The van der Waals surface area contributed by atoms with E-state index in [0.29, 0.717) is 12.3 Å². The molecule has 1 aliphatic heterocycles. The molecule has 2 aliphatic rings. The van der Waals surface area contributed by atoms with E-state index >= 15 is 0 Å². The molecule has 17 heavy (non-hydrogen) atoms. The highest BCUT2D eigenvalue weighted by molar-refractivity contribution is 4.91. The van der Waals surface area contributed by atoms with Gasteiger partial charge in [-0.1, -0.05) is 19.3 Å². The second-order valence-corrected chi connectivity index (χ2v) is 5.78. The number of hydrogen-bond acceptors (Lipinski definition) is 3. The van der Waals surface area contributed by atoms with Crippen LogP contribution in [0.2, 0.25) is 0 Å². The minimum atomic E-state index is -0.246. The van der Waals surface area contributed by atoms with E-state index < -0.39 is 0 Å². The summed E-state index contributed by atoms with van der Waals surface area (Å²) in [6.07, 6.45) is 9.45. The molecule has 1 spiro atoms. The van der Waals surface area contributed by atoms with Gasteiger partial charge in [0.2, 0.25) is 0 Å². The van der Waals surface area contributed by atoms with Crippen LogP contribution < -0.4 is 0 Å². The fourth-order valence-corrected chi connectivity index (χ4v) is 3.47. The summed E-state index contributed by atoms with van der Waals surface area (Å²) in [5, 5.41) is 19.0. The predicted molar refractivity (Wildman–Crippen MR) is 66.8 cm³/mol. The number of rotatable bonds is 4. The van der Waals surface area contributed by atoms with Gasteiger partial charge in [-0.2, -0.15) is 0 Å². The van der Waals surface area contributed by atoms with E-state index in [1.807, 2.05) is 0 Å². The lowest BCUT2D eigenvalue weighted by Gasteiger charge is -2.44. The monoisotopic (exact) mass is 242 g/mol. The molecule has 1 saturated carbocycles. The van der Waals surface area contributed by atoms with Gasteiger partial charge in [0.25, 0.3) is 0 Å². The highest BCUT2D eigenvalue weighted by atomic mass is 16.5. The maximum atomic E-state index is 10.2. The SMILES string of the molecule is OCCCC(O)C1CCOC2(CCCCC2)C1. The molecular weight excluding hydrogens is 216 g/mol. The van der Waals surface area contributed by atoms with Crippen molar-refractivity contribution >= 4 is 0 Å². The van der Waals surface area contributed by atoms with Crippen LogP contribution in [0.5, 0.6) is 0 Å². The van der Waals surface area contributed by atoms with Crippen LogP contribution in [0.25, 0.3) is 0 Å². The first-order valence-corrected chi connectivity index (χ1v) is 7.19. The van der Waals surface area contributed by atoms with Crippen molar-refractivity contribution in [2.45, 2.75) is 69.5 Å². The smallest absolute Gasteiger partial charge is 0.0686 e. The van der Waals surface area contributed by atoms with Crippen molar-refractivity contribution in [2.24, 2.45) is 5.92 Å². The first-order chi connectivity index (χ1) is 8.26. The first kappa shape index (κ1) is 13.3. The fraction of sp³-hybridized carbons (Fsp3) is 1.00. The van der Waals surface area contributed by atoms with E-state index in [4.69, 9.17) is 9.84 Å². The van der Waals surface area contributed by atoms with Crippen LogP contribution in [-0.4, -0.2) is 35.1 Å². The molecule has 0 amide bonds. The molecule has 2 unspecified atom stereocenters. The summed E-state index contributed by atoms with van der Waals surface area (Å²) >= 11 is 0. The van der Waals surface area contributed by atoms with Gasteiger partial charge in [-0.3, -0.25) is 0 Å². The van der Waals surface area contributed by atoms with Crippen LogP contribution in [0.15, 0.2) is 0 Å². The molecule has 3 heteroatoms. The summed E-state index contributed by atoms with van der Waals surface area (Å²) in [6.45, 7) is 0.992. The highest BCUT2D eigenvalue weighted by Gasteiger charge is 2.40. The molecular formula is C14H26O3. The standard InChI is InChI=1S/C14H26O3/c15-9-4-5-13(16)12-6-10-17-14(11-12)7-2-1-3-8-14/h12-13,15-16H,1-11H2. The third-order valence-corrected chi connectivity index (χ3v) is 4.50. The van der Waals surface area contributed by atoms with Crippen LogP contribution in [0.1, 0.15) is 57.8 Å². The third kappa shape index (κ3) is 3.43. The minimum absolute atomic E-state index is 0.0847. The average Bonchev–Trinajstić information content (AvgIpc) is 2.37. The summed E-state index contributed by atoms with van der Waals surface area (Å²) < 4.78 is 6.03. The average molecular weight is 242 g/mol. The zero-order chi connectivity index (χ0) is 12.1. The molecule has 1 aliphatic carbocycles. The van der Waals surface area contributed by atoms with Crippen molar-refractivity contribution < 1.29 is 14.9 Å². The first-order valence-electron chi connectivity index (χ1n) is 7.19. The van der Waals surface area contributed by atoms with Crippen LogP contribution >= 0.6 is 0 Å². The quantitative estimate of drug-likeness (QED) is 0.795. The maximum absolute atomic E-state index is 10.2. The van der Waals surface area contributed by atoms with Crippen LogP contribution in [-0.2, 0) is 4.74 Å². The lowest BCUT2D eigenvalue weighted by Crippen LogP contribution is -2.44. The molecule has 0 aromatic rings. The number of aliphatic hydroxyl groups is 2. The van der Waals surface area contributed by atoms with Crippen molar-refractivity contribution in [3.05, 3.63) is 0 Å². The molecule has 2 fully saturated rings. The topological polar surface area (TPSA) is 49.7 Å². The Bertz CT molecular complexity index is 218. The molecule has 2 N–H and O–H groups in total. The minimum Gasteiger partial charge on any atom is -0.396 e. The van der Waals surface area contributed by atoms with Crippen molar-refractivity contribution in [1.82, 2.24) is 0 Å². The maximum Gasteiger partial charge on any atom is 0.0686 e. The highest BCUT2D eigenvalue weighted by Crippen LogP contribution is 2.41. The Kier molecular flexibility index (Phi) is 4.83. The fourth-order valence-electron chi connectivity index (χ4n) is 3.47. The largest absolute Gasteiger partial charge is 0.396 e. The second kappa shape index (κ2) is 6.17. The normalized spacial score (nSPS) is 30.4. The van der Waals surface area contributed by atoms with Gasteiger partial charge in [0, 0.05) is 13.2 Å². The van der Waals surface area contributed by atoms with E-state index in [2.05, 4.69) is 0 Å². The van der Waals surface area contributed by atoms with Crippen molar-refractivity contribution in [3.8, 4) is 0 Å². The van der Waals surface area contributed by atoms with Gasteiger partial charge in [0.15, 0.2) is 0 Å². The predicted octanol–water partition coefficient (Wildman–Crippen LogP) is 2.25. The van der Waals surface area contributed by atoms with Gasteiger partial charge in [0.1, 0.15) is 0 Å². The molecule has 0 radical (unpaired) electrons. The zero-order valence-corrected chi connectivity index (χ0v) is 10.7. The van der Waals surface area contributed by atoms with Crippen molar-refractivity contribution in [2.75, 3.05) is 13.2 Å². The van der Waals surface area contributed by atoms with E-state index in [1.54, 1.807) is 0 Å². The molecule has 3 nitrogen and oxygen atoms in total. The second-order valence-electron chi connectivity index (χ2n) is 5.78. The van der Waals surface area contributed by atoms with E-state index in [1.165, 1.54) is 32.1 Å². The molecule has 0 aromatic heterocycles. The lowest BCUT2D eigenvalue weighted by atomic mass is 9.74. The zero-order valence-electron chi connectivity index (χ0n) is 10.7. The van der Waals surface area contributed by atoms with E-state index in [-0.39, 0.29) is 18.3 Å². The Hall–Kier alpha value is -0.120. The molecule has 2 rings (SSSR count). The molecule has 1 heterocycles. The van der Waals surface area contributed by atoms with Crippen molar-refractivity contribution in [1.29, 1.82) is 0 Å². The number of ether oxygens (including phenoxy) is 1. The Morgan fingerprint density at radius 1 is 1.24 bits per heavy atom. The number of aliphatic hydroxyl groups excluding tert-OH is 2. The van der Waals surface area contributed by atoms with E-state index in [0.717, 1.165) is 25.9 Å². The van der Waals surface area contributed by atoms with Gasteiger partial charge in [-0.05, 0) is 44.4 Å². The Morgan fingerprint density at radius 3 is 2.71 bits per heavy atom. The molecule has 0 bridgehead atoms. The lowest BCUT2D eigenvalue weighted by molar-refractivity contribution is -0.134. The molecule has 2 atom stereocenters. The summed E-state index contributed by atoms with van der Waals surface area (Å²) in [5.74, 6) is 0.383. The molecule has 100 valence electrons. The Balaban J connectivity index is 1.87. The van der Waals surface area contributed by atoms with Crippen LogP contribution in [0.3, 0.4) is 0 Å². The van der Waals surface area contributed by atoms with Gasteiger partial charge >= 0.3 is 0 Å². The van der Waals surface area contributed by atoms with Gasteiger partial charge in [0.05, 0.1) is 11.7 Å². The summed E-state index contributed by atoms with van der Waals surface area (Å²) in [4.78, 5) is 0. The summed E-state index contributed by atoms with van der Waals surface area (Å²) in [6, 6.07) is 0. The van der Waals surface area contributed by atoms with Gasteiger partial charge in [-0.15, -0.1) is 0 Å². The van der Waals surface area contributed by atoms with Crippen LogP contribution in [0, 0.1) is 5.92 Å². The van der Waals surface area contributed by atoms with Gasteiger partial charge < -0.3 is 14.9 Å². The molecule has 0 aromatic carbocycles. The van der Waals surface area contributed by atoms with E-state index in [9.17, 15) is 5.11 Å². The third-order valence-electron chi connectivity index (χ3n) is 4.50. The summed E-state index contributed by atoms with van der Waals surface area (Å²) in [5.41, 5.74) is 0.0847. The van der Waals surface area contributed by atoms with Crippen LogP contribution in [0.4, 0.5) is 0 Å². The number of hydrogen-bond donors (Lipinski definition) is 2. The molecule has 1 saturated heterocycles. The van der Waals surface area contributed by atoms with Gasteiger partial charge in [-0.25, -0.2) is 0 Å². The summed E-state index contributed by atoms with van der Waals surface area (Å²) in [7, 11) is 0. The Morgan fingerprint density at radius 2 is 2.00 bits per heavy atom.